The lowest BCUT2D eigenvalue weighted by atomic mass is 10.0. The first-order valence-electron chi connectivity index (χ1n) is 8.87. The number of aliphatic hydroxyl groups excluding tert-OH is 2. The van der Waals surface area contributed by atoms with Gasteiger partial charge in [0, 0.05) is 19.6 Å². The zero-order chi connectivity index (χ0) is 18.1. The number of rotatable bonds is 10. The van der Waals surface area contributed by atoms with Gasteiger partial charge in [-0.05, 0) is 23.1 Å². The molecule has 0 saturated heterocycles. The van der Waals surface area contributed by atoms with Crippen LogP contribution in [-0.4, -0.2) is 47.5 Å². The van der Waals surface area contributed by atoms with Crippen molar-refractivity contribution in [1.82, 2.24) is 4.90 Å². The quantitative estimate of drug-likeness (QED) is 0.696. The molecule has 0 aliphatic carbocycles. The molecule has 0 aromatic heterocycles. The Hall–Kier alpha value is -1.88. The summed E-state index contributed by atoms with van der Waals surface area (Å²) in [6, 6.07) is 18.0. The standard InChI is InChI=1S/C21H29NO3/c1-17(2)20-10-6-7-11-21(20)25-16-19(24)15-22(12-13-23)14-18-8-4-3-5-9-18/h3-11,17,19,23-24H,12-16H2,1-2H3/t19-/m0/s1. The summed E-state index contributed by atoms with van der Waals surface area (Å²) in [5.41, 5.74) is 2.31. The first-order chi connectivity index (χ1) is 12.1. The average Bonchev–Trinajstić information content (AvgIpc) is 2.61. The van der Waals surface area contributed by atoms with Crippen molar-refractivity contribution in [2.45, 2.75) is 32.4 Å². The van der Waals surface area contributed by atoms with E-state index >= 15 is 0 Å². The molecule has 25 heavy (non-hydrogen) atoms. The molecule has 136 valence electrons. The van der Waals surface area contributed by atoms with Crippen LogP contribution in [0.1, 0.15) is 30.9 Å². The molecule has 2 aromatic rings. The highest BCUT2D eigenvalue weighted by Gasteiger charge is 2.14. The highest BCUT2D eigenvalue weighted by molar-refractivity contribution is 5.35. The molecule has 0 aliphatic heterocycles. The smallest absolute Gasteiger partial charge is 0.122 e. The van der Waals surface area contributed by atoms with E-state index in [2.05, 4.69) is 19.9 Å². The fourth-order valence-electron chi connectivity index (χ4n) is 2.84. The van der Waals surface area contributed by atoms with Crippen LogP contribution in [0.15, 0.2) is 54.6 Å². The fraction of sp³-hybridized carbons (Fsp3) is 0.429. The third-order valence-electron chi connectivity index (χ3n) is 4.11. The van der Waals surface area contributed by atoms with Gasteiger partial charge in [-0.15, -0.1) is 0 Å². The van der Waals surface area contributed by atoms with Crippen LogP contribution < -0.4 is 4.74 Å². The van der Waals surface area contributed by atoms with Gasteiger partial charge < -0.3 is 14.9 Å². The first kappa shape index (κ1) is 19.4. The normalized spacial score (nSPS) is 12.6. The van der Waals surface area contributed by atoms with Crippen LogP contribution in [0.25, 0.3) is 0 Å². The Morgan fingerprint density at radius 2 is 1.68 bits per heavy atom. The van der Waals surface area contributed by atoms with Gasteiger partial charge in [0.05, 0.1) is 6.61 Å². The van der Waals surface area contributed by atoms with Crippen molar-refractivity contribution in [3.8, 4) is 5.75 Å². The Balaban J connectivity index is 1.90. The van der Waals surface area contributed by atoms with E-state index in [1.807, 2.05) is 53.4 Å². The summed E-state index contributed by atoms with van der Waals surface area (Å²) >= 11 is 0. The number of para-hydroxylation sites is 1. The average molecular weight is 343 g/mol. The minimum atomic E-state index is -0.615. The Bertz CT molecular complexity index is 616. The number of hydrogen-bond donors (Lipinski definition) is 2. The number of nitrogens with zero attached hydrogens (tertiary/aromatic N) is 1. The lowest BCUT2D eigenvalue weighted by molar-refractivity contribution is 0.0586. The van der Waals surface area contributed by atoms with Crippen LogP contribution in [-0.2, 0) is 6.54 Å². The van der Waals surface area contributed by atoms with Crippen molar-refractivity contribution < 1.29 is 14.9 Å². The molecule has 2 rings (SSSR count). The summed E-state index contributed by atoms with van der Waals surface area (Å²) in [6.45, 7) is 6.23. The second kappa shape index (κ2) is 10.2. The van der Waals surface area contributed by atoms with Crippen LogP contribution in [0.5, 0.6) is 5.75 Å². The molecular weight excluding hydrogens is 314 g/mol. The third-order valence-corrected chi connectivity index (χ3v) is 4.11. The maximum absolute atomic E-state index is 10.4. The number of ether oxygens (including phenoxy) is 1. The van der Waals surface area contributed by atoms with Gasteiger partial charge in [0.1, 0.15) is 18.5 Å². The lowest BCUT2D eigenvalue weighted by Gasteiger charge is -2.25. The molecule has 0 fully saturated rings. The molecule has 0 unspecified atom stereocenters. The van der Waals surface area contributed by atoms with Crippen molar-refractivity contribution in [2.24, 2.45) is 0 Å². The largest absolute Gasteiger partial charge is 0.491 e. The molecule has 2 aromatic carbocycles. The predicted molar refractivity (Wildman–Crippen MR) is 101 cm³/mol. The molecule has 0 heterocycles. The predicted octanol–water partition coefficient (Wildman–Crippen LogP) is 3.04. The van der Waals surface area contributed by atoms with Crippen molar-refractivity contribution in [1.29, 1.82) is 0 Å². The second-order valence-electron chi connectivity index (χ2n) is 6.60. The van der Waals surface area contributed by atoms with E-state index in [0.717, 1.165) is 16.9 Å². The lowest BCUT2D eigenvalue weighted by Crippen LogP contribution is -2.37. The van der Waals surface area contributed by atoms with Gasteiger partial charge in [0.2, 0.25) is 0 Å². The third kappa shape index (κ3) is 6.50. The van der Waals surface area contributed by atoms with Gasteiger partial charge in [-0.3, -0.25) is 4.90 Å². The summed E-state index contributed by atoms with van der Waals surface area (Å²) < 4.78 is 5.85. The molecular formula is C21H29NO3. The molecule has 4 heteroatoms. The highest BCUT2D eigenvalue weighted by Crippen LogP contribution is 2.25. The molecule has 1 atom stereocenters. The van der Waals surface area contributed by atoms with Crippen LogP contribution in [0.4, 0.5) is 0 Å². The maximum Gasteiger partial charge on any atom is 0.122 e. The van der Waals surface area contributed by atoms with Crippen molar-refractivity contribution in [3.63, 3.8) is 0 Å². The second-order valence-corrected chi connectivity index (χ2v) is 6.60. The number of hydrogen-bond acceptors (Lipinski definition) is 4. The Morgan fingerprint density at radius 3 is 2.36 bits per heavy atom. The molecule has 2 N–H and O–H groups in total. The number of benzene rings is 2. The highest BCUT2D eigenvalue weighted by atomic mass is 16.5. The summed E-state index contributed by atoms with van der Waals surface area (Å²) in [5, 5.41) is 19.6. The summed E-state index contributed by atoms with van der Waals surface area (Å²) in [5.74, 6) is 1.20. The minimum absolute atomic E-state index is 0.0661. The van der Waals surface area contributed by atoms with Gasteiger partial charge in [-0.2, -0.15) is 0 Å². The van der Waals surface area contributed by atoms with E-state index < -0.39 is 6.10 Å². The van der Waals surface area contributed by atoms with E-state index in [9.17, 15) is 10.2 Å². The Labute approximate surface area is 150 Å². The summed E-state index contributed by atoms with van der Waals surface area (Å²) in [4.78, 5) is 2.04. The topological polar surface area (TPSA) is 52.9 Å². The van der Waals surface area contributed by atoms with Gasteiger partial charge in [0.15, 0.2) is 0 Å². The molecule has 4 nitrogen and oxygen atoms in total. The molecule has 0 amide bonds. The molecule has 0 spiro atoms. The monoisotopic (exact) mass is 343 g/mol. The Kier molecular flexibility index (Phi) is 7.92. The molecule has 0 saturated carbocycles. The SMILES string of the molecule is CC(C)c1ccccc1OC[C@@H](O)CN(CCO)Cc1ccccc1. The van der Waals surface area contributed by atoms with E-state index in [1.54, 1.807) is 0 Å². The maximum atomic E-state index is 10.4. The van der Waals surface area contributed by atoms with Crippen molar-refractivity contribution in [2.75, 3.05) is 26.3 Å². The van der Waals surface area contributed by atoms with E-state index in [-0.39, 0.29) is 13.2 Å². The van der Waals surface area contributed by atoms with Crippen LogP contribution in [0, 0.1) is 0 Å². The molecule has 0 aliphatic rings. The zero-order valence-corrected chi connectivity index (χ0v) is 15.1. The minimum Gasteiger partial charge on any atom is -0.491 e. The van der Waals surface area contributed by atoms with Gasteiger partial charge in [-0.25, -0.2) is 0 Å². The zero-order valence-electron chi connectivity index (χ0n) is 15.1. The van der Waals surface area contributed by atoms with E-state index in [1.165, 1.54) is 0 Å². The van der Waals surface area contributed by atoms with Crippen molar-refractivity contribution in [3.05, 3.63) is 65.7 Å². The van der Waals surface area contributed by atoms with E-state index in [0.29, 0.717) is 25.6 Å². The fourth-order valence-corrected chi connectivity index (χ4v) is 2.84. The van der Waals surface area contributed by atoms with E-state index in [4.69, 9.17) is 4.74 Å². The Morgan fingerprint density at radius 1 is 1.00 bits per heavy atom. The van der Waals surface area contributed by atoms with Crippen LogP contribution >= 0.6 is 0 Å². The summed E-state index contributed by atoms with van der Waals surface area (Å²) in [7, 11) is 0. The number of aliphatic hydroxyl groups is 2. The molecule has 0 radical (unpaired) electrons. The van der Waals surface area contributed by atoms with Crippen LogP contribution in [0.2, 0.25) is 0 Å². The molecule has 0 bridgehead atoms. The first-order valence-corrected chi connectivity index (χ1v) is 8.87. The van der Waals surface area contributed by atoms with Crippen LogP contribution in [0.3, 0.4) is 0 Å². The van der Waals surface area contributed by atoms with Gasteiger partial charge >= 0.3 is 0 Å². The van der Waals surface area contributed by atoms with Gasteiger partial charge in [0.25, 0.3) is 0 Å². The van der Waals surface area contributed by atoms with Crippen molar-refractivity contribution >= 4 is 0 Å². The summed E-state index contributed by atoms with van der Waals surface area (Å²) in [6.07, 6.45) is -0.615. The van der Waals surface area contributed by atoms with Gasteiger partial charge in [-0.1, -0.05) is 62.4 Å².